The minimum Gasteiger partial charge on any atom is -0.322 e. The zero-order valence-electron chi connectivity index (χ0n) is 8.53. The summed E-state index contributed by atoms with van der Waals surface area (Å²) in [7, 11) is 0. The Kier molecular flexibility index (Phi) is 3.77. The molecule has 1 N–H and O–H groups in total. The summed E-state index contributed by atoms with van der Waals surface area (Å²) in [4.78, 5) is 11.0. The van der Waals surface area contributed by atoms with Gasteiger partial charge in [-0.15, -0.1) is 0 Å². The highest BCUT2D eigenvalue weighted by atomic mass is 19.4. The van der Waals surface area contributed by atoms with Crippen molar-refractivity contribution < 1.29 is 18.0 Å². The lowest BCUT2D eigenvalue weighted by Gasteiger charge is -2.22. The van der Waals surface area contributed by atoms with E-state index >= 15 is 0 Å². The molecule has 86 valence electrons. The van der Waals surface area contributed by atoms with Crippen molar-refractivity contribution in [2.24, 2.45) is 5.92 Å². The molecular formula is C10H14F3NO. The molecule has 1 rings (SSSR count). The van der Waals surface area contributed by atoms with Gasteiger partial charge in [0, 0.05) is 6.42 Å². The molecule has 0 bridgehead atoms. The van der Waals surface area contributed by atoms with E-state index in [4.69, 9.17) is 0 Å². The quantitative estimate of drug-likeness (QED) is 0.780. The van der Waals surface area contributed by atoms with E-state index in [1.807, 2.05) is 12.2 Å². The average Bonchev–Trinajstić information content (AvgIpc) is 2.12. The maximum atomic E-state index is 12.3. The van der Waals surface area contributed by atoms with Gasteiger partial charge in [-0.2, -0.15) is 13.2 Å². The summed E-state index contributed by atoms with van der Waals surface area (Å²) in [6.45, 7) is 1.97. The number of carbonyl (C=O) groups excluding carboxylic acids is 1. The zero-order valence-corrected chi connectivity index (χ0v) is 8.53. The lowest BCUT2D eigenvalue weighted by molar-refractivity contribution is -0.128. The predicted octanol–water partition coefficient (Wildman–Crippen LogP) is 2.76. The summed E-state index contributed by atoms with van der Waals surface area (Å²) in [5, 5.41) is 1.86. The van der Waals surface area contributed by atoms with Crippen LogP contribution < -0.4 is 5.32 Å². The fraction of sp³-hybridized carbons (Fsp3) is 0.700. The number of halogens is 3. The molecule has 0 spiro atoms. The Morgan fingerprint density at radius 3 is 2.73 bits per heavy atom. The average molecular weight is 221 g/mol. The van der Waals surface area contributed by atoms with Crippen LogP contribution in [0.3, 0.4) is 0 Å². The molecule has 1 atom stereocenters. The Labute approximate surface area is 86.5 Å². The van der Waals surface area contributed by atoms with Crippen LogP contribution in [-0.4, -0.2) is 12.1 Å². The summed E-state index contributed by atoms with van der Waals surface area (Å²) >= 11 is 0. The Bertz CT molecular complexity index is 270. The zero-order chi connectivity index (χ0) is 11.5. The number of unbranched alkanes of at least 4 members (excludes halogenated alkanes) is 1. The topological polar surface area (TPSA) is 29.1 Å². The van der Waals surface area contributed by atoms with Crippen LogP contribution in [-0.2, 0) is 4.79 Å². The molecule has 5 heteroatoms. The Balaban J connectivity index is 2.70. The van der Waals surface area contributed by atoms with E-state index < -0.39 is 17.8 Å². The van der Waals surface area contributed by atoms with Crippen molar-refractivity contribution in [1.82, 2.24) is 5.32 Å². The van der Waals surface area contributed by atoms with Gasteiger partial charge in [-0.1, -0.05) is 25.8 Å². The molecule has 1 heterocycles. The molecule has 0 saturated carbocycles. The van der Waals surface area contributed by atoms with Crippen molar-refractivity contribution in [3.05, 3.63) is 11.8 Å². The van der Waals surface area contributed by atoms with Gasteiger partial charge in [0.05, 0.1) is 0 Å². The minimum absolute atomic E-state index is 0.166. The Morgan fingerprint density at radius 2 is 2.20 bits per heavy atom. The first kappa shape index (κ1) is 12.1. The molecule has 0 unspecified atom stereocenters. The highest BCUT2D eigenvalue weighted by Crippen LogP contribution is 2.29. The summed E-state index contributed by atoms with van der Waals surface area (Å²) < 4.78 is 37.0. The molecular weight excluding hydrogens is 207 g/mol. The summed E-state index contributed by atoms with van der Waals surface area (Å²) in [5.41, 5.74) is -0.903. The van der Waals surface area contributed by atoms with Crippen LogP contribution in [0.25, 0.3) is 0 Å². The molecule has 0 fully saturated rings. The number of hydrogen-bond acceptors (Lipinski definition) is 1. The van der Waals surface area contributed by atoms with Crippen molar-refractivity contribution in [2.75, 3.05) is 0 Å². The lowest BCUT2D eigenvalue weighted by atomic mass is 9.94. The van der Waals surface area contributed by atoms with E-state index in [0.717, 1.165) is 18.9 Å². The number of rotatable bonds is 3. The second kappa shape index (κ2) is 4.68. The van der Waals surface area contributed by atoms with E-state index in [1.54, 1.807) is 0 Å². The van der Waals surface area contributed by atoms with Gasteiger partial charge < -0.3 is 5.32 Å². The van der Waals surface area contributed by atoms with Gasteiger partial charge in [0.25, 0.3) is 0 Å². The van der Waals surface area contributed by atoms with Crippen LogP contribution in [0.2, 0.25) is 0 Å². The molecule has 0 saturated heterocycles. The molecule has 1 aliphatic heterocycles. The van der Waals surface area contributed by atoms with Gasteiger partial charge in [-0.05, 0) is 12.3 Å². The third kappa shape index (κ3) is 3.57. The molecule has 0 aromatic rings. The molecule has 2 nitrogen and oxygen atoms in total. The monoisotopic (exact) mass is 221 g/mol. The SMILES string of the molecule is CCCC[C@@H]1C=C(C(F)(F)F)NC(=O)C1. The van der Waals surface area contributed by atoms with E-state index in [2.05, 4.69) is 0 Å². The summed E-state index contributed by atoms with van der Waals surface area (Å²) in [5.74, 6) is -0.804. The van der Waals surface area contributed by atoms with E-state index in [1.165, 1.54) is 0 Å². The maximum absolute atomic E-state index is 12.3. The van der Waals surface area contributed by atoms with E-state index in [9.17, 15) is 18.0 Å². The molecule has 0 aromatic heterocycles. The second-order valence-corrected chi connectivity index (χ2v) is 3.73. The molecule has 15 heavy (non-hydrogen) atoms. The molecule has 0 radical (unpaired) electrons. The Hall–Kier alpha value is -1.00. The number of alkyl halides is 3. The van der Waals surface area contributed by atoms with Gasteiger partial charge in [0.1, 0.15) is 5.70 Å². The molecule has 0 aliphatic carbocycles. The van der Waals surface area contributed by atoms with E-state index in [0.29, 0.717) is 6.42 Å². The molecule has 0 aromatic carbocycles. The number of amides is 1. The third-order valence-corrected chi connectivity index (χ3v) is 2.36. The van der Waals surface area contributed by atoms with Crippen LogP contribution >= 0.6 is 0 Å². The number of carbonyl (C=O) groups is 1. The van der Waals surface area contributed by atoms with Crippen LogP contribution in [0.15, 0.2) is 11.8 Å². The highest BCUT2D eigenvalue weighted by Gasteiger charge is 2.37. The Morgan fingerprint density at radius 1 is 1.53 bits per heavy atom. The summed E-state index contributed by atoms with van der Waals surface area (Å²) in [6, 6.07) is 0. The smallest absolute Gasteiger partial charge is 0.322 e. The fourth-order valence-corrected chi connectivity index (χ4v) is 1.59. The van der Waals surface area contributed by atoms with Crippen LogP contribution in [0.5, 0.6) is 0 Å². The van der Waals surface area contributed by atoms with Crippen LogP contribution in [0, 0.1) is 5.92 Å². The highest BCUT2D eigenvalue weighted by molar-refractivity contribution is 5.79. The van der Waals surface area contributed by atoms with Gasteiger partial charge in [0.2, 0.25) is 5.91 Å². The van der Waals surface area contributed by atoms with Crippen LogP contribution in [0.1, 0.15) is 32.6 Å². The van der Waals surface area contributed by atoms with Crippen molar-refractivity contribution in [3.63, 3.8) is 0 Å². The largest absolute Gasteiger partial charge is 0.431 e. The van der Waals surface area contributed by atoms with Crippen molar-refractivity contribution >= 4 is 5.91 Å². The van der Waals surface area contributed by atoms with Gasteiger partial charge in [0.15, 0.2) is 0 Å². The third-order valence-electron chi connectivity index (χ3n) is 2.36. The molecule has 1 aliphatic rings. The maximum Gasteiger partial charge on any atom is 0.431 e. The molecule has 1 amide bonds. The summed E-state index contributed by atoms with van der Waals surface area (Å²) in [6.07, 6.45) is -0.729. The normalized spacial score (nSPS) is 22.3. The number of allylic oxidation sites excluding steroid dienone is 2. The lowest BCUT2D eigenvalue weighted by Crippen LogP contribution is -2.36. The van der Waals surface area contributed by atoms with Crippen molar-refractivity contribution in [2.45, 2.75) is 38.8 Å². The minimum atomic E-state index is -4.44. The van der Waals surface area contributed by atoms with Crippen LogP contribution in [0.4, 0.5) is 13.2 Å². The fourth-order valence-electron chi connectivity index (χ4n) is 1.59. The van der Waals surface area contributed by atoms with E-state index in [-0.39, 0.29) is 12.3 Å². The van der Waals surface area contributed by atoms with Crippen molar-refractivity contribution in [3.8, 4) is 0 Å². The predicted molar refractivity (Wildman–Crippen MR) is 49.9 cm³/mol. The standard InChI is InChI=1S/C10H14F3NO/c1-2-3-4-7-5-8(10(11,12)13)14-9(15)6-7/h5,7H,2-4,6H2,1H3,(H,14,15)/t7-/m1/s1. The van der Waals surface area contributed by atoms with Gasteiger partial charge in [-0.25, -0.2) is 0 Å². The number of hydrogen-bond donors (Lipinski definition) is 1. The first-order chi connectivity index (χ1) is 6.93. The first-order valence-electron chi connectivity index (χ1n) is 5.02. The van der Waals surface area contributed by atoms with Gasteiger partial charge >= 0.3 is 6.18 Å². The second-order valence-electron chi connectivity index (χ2n) is 3.73. The van der Waals surface area contributed by atoms with Crippen molar-refractivity contribution in [1.29, 1.82) is 0 Å². The van der Waals surface area contributed by atoms with Gasteiger partial charge in [-0.3, -0.25) is 4.79 Å². The number of nitrogens with one attached hydrogen (secondary N) is 1. The first-order valence-corrected chi connectivity index (χ1v) is 5.02.